The lowest BCUT2D eigenvalue weighted by Crippen LogP contribution is -1.95. The molecule has 0 saturated heterocycles. The van der Waals surface area contributed by atoms with E-state index in [-0.39, 0.29) is 0 Å². The van der Waals surface area contributed by atoms with Crippen LogP contribution < -0.4 is 0 Å². The fourth-order valence-electron chi connectivity index (χ4n) is 7.53. The molecular weight excluding hydrogens is 575 g/mol. The molecule has 0 aliphatic carbocycles. The third kappa shape index (κ3) is 3.77. The average molecular weight is 602 g/mol. The summed E-state index contributed by atoms with van der Waals surface area (Å²) in [6.45, 7) is 0. The number of rotatable bonds is 3. The normalized spacial score (nSPS) is 12.3. The molecule has 0 fully saturated rings. The van der Waals surface area contributed by atoms with Crippen molar-refractivity contribution in [2.75, 3.05) is 0 Å². The van der Waals surface area contributed by atoms with Crippen molar-refractivity contribution in [2.45, 2.75) is 9.79 Å². The first-order chi connectivity index (χ1) is 22.8. The van der Waals surface area contributed by atoms with Crippen LogP contribution in [0.1, 0.15) is 0 Å². The minimum absolute atomic E-state index is 1.17. The van der Waals surface area contributed by atoms with E-state index in [4.69, 9.17) is 0 Å². The summed E-state index contributed by atoms with van der Waals surface area (Å²) in [6, 6.07) is 60.2. The minimum atomic E-state index is 1.17. The predicted molar refractivity (Wildman–Crippen MR) is 196 cm³/mol. The quantitative estimate of drug-likeness (QED) is 0.195. The van der Waals surface area contributed by atoms with Gasteiger partial charge in [-0.1, -0.05) is 133 Å². The Labute approximate surface area is 271 Å². The molecule has 0 saturated carbocycles. The molecule has 1 aromatic heterocycles. The summed E-state index contributed by atoms with van der Waals surface area (Å²) in [7, 11) is 0. The Balaban J connectivity index is 1.10. The van der Waals surface area contributed by atoms with Crippen molar-refractivity contribution in [1.29, 1.82) is 0 Å². The van der Waals surface area contributed by atoms with Gasteiger partial charge in [0.15, 0.2) is 0 Å². The van der Waals surface area contributed by atoms with E-state index in [0.29, 0.717) is 0 Å². The molecule has 0 amide bonds. The Kier molecular flexibility index (Phi) is 5.58. The smallest absolute Gasteiger partial charge is 0.0547 e. The lowest BCUT2D eigenvalue weighted by molar-refractivity contribution is 1.18. The summed E-state index contributed by atoms with van der Waals surface area (Å²) >= 11 is 1.88. The Morgan fingerprint density at radius 3 is 1.91 bits per heavy atom. The van der Waals surface area contributed by atoms with Gasteiger partial charge in [0, 0.05) is 31.6 Å². The van der Waals surface area contributed by atoms with E-state index < -0.39 is 0 Å². The standard InChI is InChI=1S/C44H27NS/c1-2-14-35-28(9-1)21-25-40-44(35)37-15-5-6-17-39(37)45(40)32-23-19-29(20-24-32)33-12-3-4-13-34(33)31-22-26-41-38(27-31)36-16-7-10-30-11-8-18-42(46-41)43(30)36/h1-27H. The molecule has 214 valence electrons. The number of fused-ring (bicyclic) bond motifs is 7. The molecule has 10 rings (SSSR count). The van der Waals surface area contributed by atoms with E-state index in [2.05, 4.69) is 168 Å². The van der Waals surface area contributed by atoms with Crippen molar-refractivity contribution in [2.24, 2.45) is 0 Å². The second-order valence-corrected chi connectivity index (χ2v) is 13.2. The third-order valence-electron chi connectivity index (χ3n) is 9.59. The molecule has 0 spiro atoms. The number of hydrogen-bond donors (Lipinski definition) is 0. The van der Waals surface area contributed by atoms with Gasteiger partial charge in [-0.15, -0.1) is 0 Å². The summed E-state index contributed by atoms with van der Waals surface area (Å²) < 4.78 is 2.41. The highest BCUT2D eigenvalue weighted by Crippen LogP contribution is 2.49. The maximum Gasteiger partial charge on any atom is 0.0547 e. The molecule has 8 aromatic carbocycles. The van der Waals surface area contributed by atoms with Crippen molar-refractivity contribution >= 4 is 55.1 Å². The molecule has 1 aliphatic rings. The highest BCUT2D eigenvalue weighted by Gasteiger charge is 2.20. The topological polar surface area (TPSA) is 4.93 Å². The maximum atomic E-state index is 2.41. The first kappa shape index (κ1) is 25.7. The van der Waals surface area contributed by atoms with Crippen molar-refractivity contribution in [3.05, 3.63) is 164 Å². The van der Waals surface area contributed by atoms with Crippen LogP contribution in [0.25, 0.3) is 82.4 Å². The van der Waals surface area contributed by atoms with Gasteiger partial charge in [-0.05, 0) is 92.0 Å². The van der Waals surface area contributed by atoms with Gasteiger partial charge >= 0.3 is 0 Å². The van der Waals surface area contributed by atoms with Gasteiger partial charge < -0.3 is 4.57 Å². The van der Waals surface area contributed by atoms with E-state index in [0.717, 1.165) is 0 Å². The summed E-state index contributed by atoms with van der Waals surface area (Å²) in [5, 5.41) is 7.83. The summed E-state index contributed by atoms with van der Waals surface area (Å²) in [4.78, 5) is 2.65. The van der Waals surface area contributed by atoms with Gasteiger partial charge in [0.1, 0.15) is 0 Å². The van der Waals surface area contributed by atoms with E-state index in [1.165, 1.54) is 92.2 Å². The Bertz CT molecular complexity index is 2660. The highest BCUT2D eigenvalue weighted by molar-refractivity contribution is 7.99. The molecule has 1 nitrogen and oxygen atoms in total. The van der Waals surface area contributed by atoms with E-state index >= 15 is 0 Å². The molecular formula is C44H27NS. The zero-order valence-electron chi connectivity index (χ0n) is 24.9. The average Bonchev–Trinajstić information content (AvgIpc) is 3.47. The second kappa shape index (κ2) is 9.97. The van der Waals surface area contributed by atoms with Gasteiger partial charge in [0.25, 0.3) is 0 Å². The van der Waals surface area contributed by atoms with E-state index in [1.807, 2.05) is 11.8 Å². The van der Waals surface area contributed by atoms with Crippen LogP contribution in [0.3, 0.4) is 0 Å². The van der Waals surface area contributed by atoms with Crippen LogP contribution in [0, 0.1) is 0 Å². The molecule has 0 radical (unpaired) electrons. The van der Waals surface area contributed by atoms with Gasteiger partial charge in [0.2, 0.25) is 0 Å². The predicted octanol–water partition coefficient (Wildman–Crippen LogP) is 12.6. The van der Waals surface area contributed by atoms with Crippen LogP contribution in [0.5, 0.6) is 0 Å². The monoisotopic (exact) mass is 601 g/mol. The first-order valence-electron chi connectivity index (χ1n) is 15.8. The number of hydrogen-bond acceptors (Lipinski definition) is 1. The molecule has 46 heavy (non-hydrogen) atoms. The third-order valence-corrected chi connectivity index (χ3v) is 10.7. The lowest BCUT2D eigenvalue weighted by Gasteiger charge is -2.21. The summed E-state index contributed by atoms with van der Waals surface area (Å²) in [5.41, 5.74) is 11.2. The van der Waals surface area contributed by atoms with Crippen molar-refractivity contribution in [3.8, 4) is 39.1 Å². The number of para-hydroxylation sites is 1. The van der Waals surface area contributed by atoms with Crippen LogP contribution in [0.15, 0.2) is 174 Å². The van der Waals surface area contributed by atoms with E-state index in [1.54, 1.807) is 0 Å². The van der Waals surface area contributed by atoms with Crippen LogP contribution in [0.2, 0.25) is 0 Å². The zero-order chi connectivity index (χ0) is 30.2. The van der Waals surface area contributed by atoms with Gasteiger partial charge in [0.05, 0.1) is 11.0 Å². The highest BCUT2D eigenvalue weighted by atomic mass is 32.2. The molecule has 2 heterocycles. The van der Waals surface area contributed by atoms with Gasteiger partial charge in [-0.2, -0.15) is 0 Å². The first-order valence-corrected chi connectivity index (χ1v) is 16.6. The van der Waals surface area contributed by atoms with E-state index in [9.17, 15) is 0 Å². The van der Waals surface area contributed by atoms with Gasteiger partial charge in [-0.25, -0.2) is 0 Å². The summed E-state index contributed by atoms with van der Waals surface area (Å²) in [6.07, 6.45) is 0. The SMILES string of the molecule is c1ccc(-c2ccc3c(c2)-c2cccc4cccc(c24)S3)c(-c2ccc(-n3c4ccccc4c4c5ccccc5ccc43)cc2)c1. The van der Waals surface area contributed by atoms with Crippen LogP contribution in [-0.4, -0.2) is 4.57 Å². The van der Waals surface area contributed by atoms with Crippen LogP contribution in [0.4, 0.5) is 0 Å². The Morgan fingerprint density at radius 2 is 1.04 bits per heavy atom. The number of benzene rings is 8. The molecule has 9 aromatic rings. The Hall–Kier alpha value is -5.57. The van der Waals surface area contributed by atoms with Crippen LogP contribution in [-0.2, 0) is 0 Å². The molecule has 1 aliphatic heterocycles. The number of nitrogens with zero attached hydrogens (tertiary/aromatic N) is 1. The van der Waals surface area contributed by atoms with Crippen molar-refractivity contribution < 1.29 is 0 Å². The van der Waals surface area contributed by atoms with Crippen molar-refractivity contribution in [1.82, 2.24) is 4.57 Å². The second-order valence-electron chi connectivity index (χ2n) is 12.1. The number of aromatic nitrogens is 1. The lowest BCUT2D eigenvalue weighted by atomic mass is 9.91. The molecule has 2 heteroatoms. The zero-order valence-corrected chi connectivity index (χ0v) is 25.8. The largest absolute Gasteiger partial charge is 0.309 e. The molecule has 0 N–H and O–H groups in total. The van der Waals surface area contributed by atoms with Crippen molar-refractivity contribution in [3.63, 3.8) is 0 Å². The minimum Gasteiger partial charge on any atom is -0.309 e. The fraction of sp³-hybridized carbons (Fsp3) is 0. The molecule has 0 atom stereocenters. The fourth-order valence-corrected chi connectivity index (χ4v) is 8.65. The Morgan fingerprint density at radius 1 is 0.370 bits per heavy atom. The molecule has 0 unspecified atom stereocenters. The molecule has 0 bridgehead atoms. The van der Waals surface area contributed by atoms with Gasteiger partial charge in [-0.3, -0.25) is 0 Å². The summed E-state index contributed by atoms with van der Waals surface area (Å²) in [5.74, 6) is 0. The van der Waals surface area contributed by atoms with Crippen LogP contribution >= 0.6 is 11.8 Å². The maximum absolute atomic E-state index is 2.41.